The van der Waals surface area contributed by atoms with Crippen LogP contribution >= 0.6 is 31.9 Å². The van der Waals surface area contributed by atoms with Crippen molar-refractivity contribution >= 4 is 48.6 Å². The van der Waals surface area contributed by atoms with Crippen LogP contribution in [0.15, 0.2) is 49.8 Å². The first-order valence-electron chi connectivity index (χ1n) is 6.74. The van der Waals surface area contributed by atoms with Crippen LogP contribution in [-0.4, -0.2) is 10.9 Å². The fourth-order valence-electron chi connectivity index (χ4n) is 2.26. The van der Waals surface area contributed by atoms with Crippen molar-refractivity contribution in [3.63, 3.8) is 0 Å². The van der Waals surface area contributed by atoms with Crippen molar-refractivity contribution in [3.8, 4) is 5.75 Å². The molecule has 3 aromatic rings. The highest BCUT2D eigenvalue weighted by Gasteiger charge is 2.15. The van der Waals surface area contributed by atoms with Gasteiger partial charge in [0.2, 0.25) is 0 Å². The predicted octanol–water partition coefficient (Wildman–Crippen LogP) is 5.46. The van der Waals surface area contributed by atoms with Crippen LogP contribution < -0.4 is 0 Å². The number of benzene rings is 2. The topological polar surface area (TPSA) is 50.4 Å². The second kappa shape index (κ2) is 5.89. The zero-order valence-electron chi connectivity index (χ0n) is 11.7. The van der Waals surface area contributed by atoms with Gasteiger partial charge in [0.05, 0.1) is 8.95 Å². The molecule has 3 rings (SSSR count). The van der Waals surface area contributed by atoms with Gasteiger partial charge in [-0.05, 0) is 56.1 Å². The molecule has 112 valence electrons. The smallest absolute Gasteiger partial charge is 0.193 e. The molecule has 1 heterocycles. The molecule has 0 bridgehead atoms. The third-order valence-corrected chi connectivity index (χ3v) is 4.67. The minimum absolute atomic E-state index is 0.0747. The number of halogens is 2. The zero-order chi connectivity index (χ0) is 15.9. The number of rotatable bonds is 3. The van der Waals surface area contributed by atoms with Crippen LogP contribution in [0.5, 0.6) is 5.75 Å². The van der Waals surface area contributed by atoms with E-state index in [4.69, 9.17) is 4.42 Å². The molecule has 0 spiro atoms. The Kier molecular flexibility index (Phi) is 4.10. The summed E-state index contributed by atoms with van der Waals surface area (Å²) in [6, 6.07) is 10.6. The molecule has 0 aliphatic heterocycles. The first-order chi connectivity index (χ1) is 10.5. The van der Waals surface area contributed by atoms with Crippen LogP contribution in [0, 0.1) is 0 Å². The zero-order valence-corrected chi connectivity index (χ0v) is 14.9. The van der Waals surface area contributed by atoms with E-state index >= 15 is 0 Å². The fraction of sp³-hybridized carbons (Fsp3) is 0.118. The van der Waals surface area contributed by atoms with E-state index in [1.807, 2.05) is 19.1 Å². The number of furan rings is 1. The number of carbonyl (C=O) groups is 1. The van der Waals surface area contributed by atoms with Crippen molar-refractivity contribution in [1.82, 2.24) is 0 Å². The third-order valence-electron chi connectivity index (χ3n) is 3.46. The van der Waals surface area contributed by atoms with Gasteiger partial charge in [-0.1, -0.05) is 19.1 Å². The number of hydrogen-bond donors (Lipinski definition) is 1. The number of phenolic OH excluding ortho intramolecular Hbond substituents is 1. The van der Waals surface area contributed by atoms with E-state index in [1.54, 1.807) is 24.3 Å². The maximum Gasteiger partial charge on any atom is 0.193 e. The summed E-state index contributed by atoms with van der Waals surface area (Å²) >= 11 is 6.48. The van der Waals surface area contributed by atoms with Gasteiger partial charge in [0.1, 0.15) is 17.1 Å². The second-order valence-corrected chi connectivity index (χ2v) is 6.65. The summed E-state index contributed by atoms with van der Waals surface area (Å²) < 4.78 is 6.64. The SMILES string of the molecule is CCc1cc2ccc(C(=O)c3cc(Br)c(O)c(Br)c3)cc2o1. The van der Waals surface area contributed by atoms with Crippen LogP contribution in [0.1, 0.15) is 28.6 Å². The lowest BCUT2D eigenvalue weighted by molar-refractivity contribution is 0.103. The summed E-state index contributed by atoms with van der Waals surface area (Å²) in [5, 5.41) is 10.7. The Morgan fingerprint density at radius 1 is 1.09 bits per heavy atom. The van der Waals surface area contributed by atoms with E-state index in [-0.39, 0.29) is 11.5 Å². The minimum atomic E-state index is -0.127. The summed E-state index contributed by atoms with van der Waals surface area (Å²) in [5.41, 5.74) is 1.74. The number of phenols is 1. The predicted molar refractivity (Wildman–Crippen MR) is 92.5 cm³/mol. The lowest BCUT2D eigenvalue weighted by Crippen LogP contribution is -2.01. The van der Waals surface area contributed by atoms with Gasteiger partial charge in [0.15, 0.2) is 5.78 Å². The van der Waals surface area contributed by atoms with Gasteiger partial charge < -0.3 is 9.52 Å². The van der Waals surface area contributed by atoms with Crippen LogP contribution in [0.25, 0.3) is 11.0 Å². The summed E-state index contributed by atoms with van der Waals surface area (Å²) in [5.74, 6) is 0.845. The van der Waals surface area contributed by atoms with Crippen LogP contribution in [-0.2, 0) is 6.42 Å². The maximum absolute atomic E-state index is 12.6. The summed E-state index contributed by atoms with van der Waals surface area (Å²) in [7, 11) is 0. The number of fused-ring (bicyclic) bond motifs is 1. The average molecular weight is 424 g/mol. The Morgan fingerprint density at radius 2 is 1.77 bits per heavy atom. The molecule has 0 saturated carbocycles. The number of ketones is 1. The summed E-state index contributed by atoms with van der Waals surface area (Å²) in [6.45, 7) is 2.02. The number of aromatic hydroxyl groups is 1. The minimum Gasteiger partial charge on any atom is -0.506 e. The maximum atomic E-state index is 12.6. The molecule has 5 heteroatoms. The third kappa shape index (κ3) is 2.71. The van der Waals surface area contributed by atoms with Gasteiger partial charge in [-0.2, -0.15) is 0 Å². The normalized spacial score (nSPS) is 11.0. The first kappa shape index (κ1) is 15.3. The highest BCUT2D eigenvalue weighted by Crippen LogP contribution is 2.34. The van der Waals surface area contributed by atoms with Gasteiger partial charge in [0.25, 0.3) is 0 Å². The molecule has 1 N–H and O–H groups in total. The fourth-order valence-corrected chi connectivity index (χ4v) is 3.45. The van der Waals surface area contributed by atoms with Gasteiger partial charge in [-0.15, -0.1) is 0 Å². The molecule has 0 unspecified atom stereocenters. The standard InChI is InChI=1S/C17H12Br2O3/c1-2-12-5-9-3-4-10(8-15(9)22-12)16(20)11-6-13(18)17(21)14(19)7-11/h3-8,21H,2H2,1H3. The van der Waals surface area contributed by atoms with Crippen LogP contribution in [0.3, 0.4) is 0 Å². The number of carbonyl (C=O) groups excluding carboxylic acids is 1. The monoisotopic (exact) mass is 422 g/mol. The molecule has 0 radical (unpaired) electrons. The van der Waals surface area contributed by atoms with Gasteiger partial charge in [-0.25, -0.2) is 0 Å². The Balaban J connectivity index is 2.04. The molecule has 0 fully saturated rings. The van der Waals surface area contributed by atoms with Crippen molar-refractivity contribution in [3.05, 3.63) is 62.2 Å². The van der Waals surface area contributed by atoms with E-state index in [0.29, 0.717) is 25.7 Å². The number of hydrogen-bond acceptors (Lipinski definition) is 3. The lowest BCUT2D eigenvalue weighted by atomic mass is 10.0. The summed E-state index contributed by atoms with van der Waals surface area (Å²) in [4.78, 5) is 12.6. The van der Waals surface area contributed by atoms with Crippen molar-refractivity contribution in [2.75, 3.05) is 0 Å². The molecule has 2 aromatic carbocycles. The van der Waals surface area contributed by atoms with Crippen LogP contribution in [0.4, 0.5) is 0 Å². The Hall–Kier alpha value is -1.59. The van der Waals surface area contributed by atoms with E-state index < -0.39 is 0 Å². The molecule has 0 atom stereocenters. The Labute approximate surface area is 144 Å². The number of aryl methyl sites for hydroxylation is 1. The van der Waals surface area contributed by atoms with Gasteiger partial charge >= 0.3 is 0 Å². The van der Waals surface area contributed by atoms with Crippen molar-refractivity contribution < 1.29 is 14.3 Å². The van der Waals surface area contributed by atoms with E-state index in [9.17, 15) is 9.90 Å². The molecule has 3 nitrogen and oxygen atoms in total. The molecule has 0 aliphatic rings. The largest absolute Gasteiger partial charge is 0.506 e. The lowest BCUT2D eigenvalue weighted by Gasteiger charge is -2.05. The van der Waals surface area contributed by atoms with Gasteiger partial charge in [-0.3, -0.25) is 4.79 Å². The Morgan fingerprint density at radius 3 is 2.41 bits per heavy atom. The van der Waals surface area contributed by atoms with Gasteiger partial charge in [0, 0.05) is 22.9 Å². The average Bonchev–Trinajstić information content (AvgIpc) is 2.93. The highest BCUT2D eigenvalue weighted by atomic mass is 79.9. The molecule has 0 aliphatic carbocycles. The summed E-state index contributed by atoms with van der Waals surface area (Å²) in [6.07, 6.45) is 0.815. The van der Waals surface area contributed by atoms with Crippen molar-refractivity contribution in [2.45, 2.75) is 13.3 Å². The molecule has 22 heavy (non-hydrogen) atoms. The van der Waals surface area contributed by atoms with E-state index in [2.05, 4.69) is 31.9 Å². The highest BCUT2D eigenvalue weighted by molar-refractivity contribution is 9.11. The van der Waals surface area contributed by atoms with Crippen LogP contribution in [0.2, 0.25) is 0 Å². The van der Waals surface area contributed by atoms with E-state index in [0.717, 1.165) is 17.6 Å². The Bertz CT molecular complexity index is 858. The van der Waals surface area contributed by atoms with Crippen molar-refractivity contribution in [2.24, 2.45) is 0 Å². The van der Waals surface area contributed by atoms with E-state index in [1.165, 1.54) is 0 Å². The molecule has 1 aromatic heterocycles. The first-order valence-corrected chi connectivity index (χ1v) is 8.33. The quantitative estimate of drug-likeness (QED) is 0.569. The molecular formula is C17H12Br2O3. The second-order valence-electron chi connectivity index (χ2n) is 4.94. The molecule has 0 saturated heterocycles. The molecular weight excluding hydrogens is 412 g/mol. The molecule has 0 amide bonds. The van der Waals surface area contributed by atoms with Crippen molar-refractivity contribution in [1.29, 1.82) is 0 Å².